The molecule has 0 saturated carbocycles. The van der Waals surface area contributed by atoms with E-state index in [0.29, 0.717) is 24.5 Å². The molecule has 0 spiro atoms. The Hall–Kier alpha value is -1.16. The number of hydrogen-bond donors (Lipinski definition) is 1. The maximum Gasteiger partial charge on any atom is 0.257 e. The van der Waals surface area contributed by atoms with Crippen molar-refractivity contribution in [1.29, 1.82) is 0 Å². The molecule has 0 bridgehead atoms. The third-order valence-electron chi connectivity index (χ3n) is 2.23. The van der Waals surface area contributed by atoms with Crippen molar-refractivity contribution in [2.75, 3.05) is 13.2 Å². The highest BCUT2D eigenvalue weighted by Gasteiger charge is 2.26. The van der Waals surface area contributed by atoms with Gasteiger partial charge in [-0.25, -0.2) is 8.78 Å². The predicted octanol–water partition coefficient (Wildman–Crippen LogP) is 1.97. The molecule has 0 fully saturated rings. The fourth-order valence-corrected chi connectivity index (χ4v) is 1.58. The monoisotopic (exact) mass is 199 g/mol. The molecule has 0 aliphatic carbocycles. The lowest BCUT2D eigenvalue weighted by molar-refractivity contribution is 0.0998. The second-order valence-electron chi connectivity index (χ2n) is 3.15. The molecule has 0 saturated heterocycles. The number of alkyl halides is 2. The van der Waals surface area contributed by atoms with E-state index < -0.39 is 12.5 Å². The Morgan fingerprint density at radius 1 is 1.36 bits per heavy atom. The van der Waals surface area contributed by atoms with Crippen LogP contribution < -0.4 is 10.1 Å². The van der Waals surface area contributed by atoms with Crippen molar-refractivity contribution >= 4 is 0 Å². The zero-order chi connectivity index (χ0) is 9.97. The highest BCUT2D eigenvalue weighted by Crippen LogP contribution is 2.30. The van der Waals surface area contributed by atoms with Crippen LogP contribution in [0.4, 0.5) is 8.78 Å². The maximum absolute atomic E-state index is 12.7. The van der Waals surface area contributed by atoms with E-state index in [2.05, 4.69) is 5.32 Å². The van der Waals surface area contributed by atoms with Crippen molar-refractivity contribution in [3.05, 3.63) is 29.8 Å². The van der Waals surface area contributed by atoms with Crippen LogP contribution in [0.25, 0.3) is 0 Å². The Bertz CT molecular complexity index is 317. The Kier molecular flexibility index (Phi) is 2.63. The third kappa shape index (κ3) is 1.70. The van der Waals surface area contributed by atoms with E-state index >= 15 is 0 Å². The summed E-state index contributed by atoms with van der Waals surface area (Å²) in [7, 11) is 0. The molecule has 14 heavy (non-hydrogen) atoms. The first-order valence-corrected chi connectivity index (χ1v) is 4.52. The summed E-state index contributed by atoms with van der Waals surface area (Å²) in [4.78, 5) is 0. The van der Waals surface area contributed by atoms with Crippen molar-refractivity contribution in [2.24, 2.45) is 0 Å². The van der Waals surface area contributed by atoms with Crippen LogP contribution in [0, 0.1) is 0 Å². The SMILES string of the molecule is FC(F)C1NCCOc2ccccc21. The highest BCUT2D eigenvalue weighted by atomic mass is 19.3. The summed E-state index contributed by atoms with van der Waals surface area (Å²) in [5, 5.41) is 2.76. The molecule has 0 radical (unpaired) electrons. The largest absolute Gasteiger partial charge is 0.492 e. The minimum absolute atomic E-state index is 0.431. The Balaban J connectivity index is 2.37. The molecular weight excluding hydrogens is 188 g/mol. The van der Waals surface area contributed by atoms with Crippen LogP contribution in [0.15, 0.2) is 24.3 Å². The van der Waals surface area contributed by atoms with E-state index in [9.17, 15) is 8.78 Å². The third-order valence-corrected chi connectivity index (χ3v) is 2.23. The molecule has 1 aliphatic rings. The minimum Gasteiger partial charge on any atom is -0.492 e. The maximum atomic E-state index is 12.7. The predicted molar refractivity (Wildman–Crippen MR) is 48.7 cm³/mol. The number of ether oxygens (including phenoxy) is 1. The summed E-state index contributed by atoms with van der Waals surface area (Å²) in [6.07, 6.45) is -2.40. The summed E-state index contributed by atoms with van der Waals surface area (Å²) < 4.78 is 30.7. The van der Waals surface area contributed by atoms with Gasteiger partial charge in [0.05, 0.1) is 6.04 Å². The van der Waals surface area contributed by atoms with Crippen molar-refractivity contribution in [3.8, 4) is 5.75 Å². The number of hydrogen-bond acceptors (Lipinski definition) is 2. The molecule has 1 N–H and O–H groups in total. The number of rotatable bonds is 1. The number of benzene rings is 1. The van der Waals surface area contributed by atoms with Gasteiger partial charge in [0.1, 0.15) is 12.4 Å². The molecule has 2 nitrogen and oxygen atoms in total. The lowest BCUT2D eigenvalue weighted by Crippen LogP contribution is -2.28. The number of halogens is 2. The van der Waals surface area contributed by atoms with Gasteiger partial charge in [-0.3, -0.25) is 0 Å². The lowest BCUT2D eigenvalue weighted by Gasteiger charge is -2.15. The molecule has 1 aromatic rings. The normalized spacial score (nSPS) is 21.2. The van der Waals surface area contributed by atoms with Gasteiger partial charge < -0.3 is 10.1 Å². The molecule has 76 valence electrons. The van der Waals surface area contributed by atoms with Gasteiger partial charge in [-0.2, -0.15) is 0 Å². The van der Waals surface area contributed by atoms with Crippen LogP contribution in [0.5, 0.6) is 5.75 Å². The van der Waals surface area contributed by atoms with Gasteiger partial charge in [-0.15, -0.1) is 0 Å². The van der Waals surface area contributed by atoms with Gasteiger partial charge in [0.15, 0.2) is 0 Å². The Morgan fingerprint density at radius 3 is 2.93 bits per heavy atom. The van der Waals surface area contributed by atoms with Crippen LogP contribution in [0.2, 0.25) is 0 Å². The van der Waals surface area contributed by atoms with E-state index in [1.165, 1.54) is 0 Å². The molecule has 1 unspecified atom stereocenters. The van der Waals surface area contributed by atoms with Crippen LogP contribution in [-0.4, -0.2) is 19.6 Å². The fraction of sp³-hybridized carbons (Fsp3) is 0.400. The summed E-state index contributed by atoms with van der Waals surface area (Å²) in [6, 6.07) is 6.01. The zero-order valence-corrected chi connectivity index (χ0v) is 7.54. The first-order chi connectivity index (χ1) is 6.79. The van der Waals surface area contributed by atoms with Crippen LogP contribution >= 0.6 is 0 Å². The molecule has 0 amide bonds. The van der Waals surface area contributed by atoms with Crippen LogP contribution in [-0.2, 0) is 0 Å². The van der Waals surface area contributed by atoms with Gasteiger partial charge in [-0.05, 0) is 6.07 Å². The van der Waals surface area contributed by atoms with Crippen LogP contribution in [0.3, 0.4) is 0 Å². The van der Waals surface area contributed by atoms with Gasteiger partial charge in [0.2, 0.25) is 0 Å². The summed E-state index contributed by atoms with van der Waals surface area (Å²) in [6.45, 7) is 0.879. The average molecular weight is 199 g/mol. The Morgan fingerprint density at radius 2 is 2.14 bits per heavy atom. The molecule has 4 heteroatoms. The molecule has 1 aliphatic heterocycles. The minimum atomic E-state index is -2.40. The van der Waals surface area contributed by atoms with Crippen molar-refractivity contribution in [2.45, 2.75) is 12.5 Å². The van der Waals surface area contributed by atoms with Crippen molar-refractivity contribution in [3.63, 3.8) is 0 Å². The second-order valence-corrected chi connectivity index (χ2v) is 3.15. The summed E-state index contributed by atoms with van der Waals surface area (Å²) >= 11 is 0. The van der Waals surface area contributed by atoms with Crippen molar-refractivity contribution in [1.82, 2.24) is 5.32 Å². The number of para-hydroxylation sites is 1. The number of nitrogens with one attached hydrogen (secondary N) is 1. The molecule has 0 aromatic heterocycles. The highest BCUT2D eigenvalue weighted by molar-refractivity contribution is 5.36. The van der Waals surface area contributed by atoms with E-state index in [-0.39, 0.29) is 0 Å². The van der Waals surface area contributed by atoms with E-state index in [4.69, 9.17) is 4.74 Å². The molecule has 1 aromatic carbocycles. The van der Waals surface area contributed by atoms with Crippen LogP contribution in [0.1, 0.15) is 11.6 Å². The molecule has 1 atom stereocenters. The van der Waals surface area contributed by atoms with E-state index in [1.54, 1.807) is 24.3 Å². The van der Waals surface area contributed by atoms with Gasteiger partial charge >= 0.3 is 0 Å². The van der Waals surface area contributed by atoms with Crippen molar-refractivity contribution < 1.29 is 13.5 Å². The number of fused-ring (bicyclic) bond motifs is 1. The van der Waals surface area contributed by atoms with Gasteiger partial charge in [-0.1, -0.05) is 18.2 Å². The van der Waals surface area contributed by atoms with E-state index in [1.807, 2.05) is 0 Å². The first-order valence-electron chi connectivity index (χ1n) is 4.52. The van der Waals surface area contributed by atoms with E-state index in [0.717, 1.165) is 0 Å². The first kappa shape index (κ1) is 9.40. The summed E-state index contributed by atoms with van der Waals surface area (Å²) in [5.41, 5.74) is 0.542. The zero-order valence-electron chi connectivity index (χ0n) is 7.54. The fourth-order valence-electron chi connectivity index (χ4n) is 1.58. The second kappa shape index (κ2) is 3.92. The van der Waals surface area contributed by atoms with Gasteiger partial charge in [0.25, 0.3) is 6.43 Å². The topological polar surface area (TPSA) is 21.3 Å². The molecule has 1 heterocycles. The summed E-state index contributed by atoms with van der Waals surface area (Å²) in [5.74, 6) is 0.558. The Labute approximate surface area is 80.9 Å². The molecular formula is C10H11F2NO. The lowest BCUT2D eigenvalue weighted by atomic mass is 10.1. The smallest absolute Gasteiger partial charge is 0.257 e. The average Bonchev–Trinajstić information content (AvgIpc) is 2.39. The molecule has 2 rings (SSSR count). The van der Waals surface area contributed by atoms with Gasteiger partial charge in [0, 0.05) is 12.1 Å². The standard InChI is InChI=1S/C10H11F2NO/c11-10(12)9-7-3-1-2-4-8(7)14-6-5-13-9/h1-4,9-10,13H,5-6H2. The quantitative estimate of drug-likeness (QED) is 0.746.